The van der Waals surface area contributed by atoms with E-state index in [4.69, 9.17) is 0 Å². The van der Waals surface area contributed by atoms with E-state index in [-0.39, 0.29) is 10.8 Å². The minimum absolute atomic E-state index is 0.183. The highest BCUT2D eigenvalue weighted by atomic mass is 32.2. The van der Waals surface area contributed by atoms with Crippen LogP contribution in [0.15, 0.2) is 65.6 Å². The molecule has 2 heterocycles. The van der Waals surface area contributed by atoms with Crippen molar-refractivity contribution >= 4 is 15.9 Å². The van der Waals surface area contributed by atoms with Crippen LogP contribution in [0.25, 0.3) is 0 Å². The Morgan fingerprint density at radius 2 is 1.68 bits per heavy atom. The zero-order valence-electron chi connectivity index (χ0n) is 20.0. The van der Waals surface area contributed by atoms with Gasteiger partial charge in [-0.3, -0.25) is 9.69 Å². The number of hydrogen-bond donors (Lipinski definition) is 1. The maximum absolute atomic E-state index is 13.2. The van der Waals surface area contributed by atoms with E-state index in [2.05, 4.69) is 46.4 Å². The lowest BCUT2D eigenvalue weighted by Gasteiger charge is -2.40. The molecule has 0 bridgehead atoms. The molecule has 0 aliphatic carbocycles. The molecule has 2 aliphatic heterocycles. The molecule has 0 saturated carbocycles. The molecule has 2 saturated heterocycles. The third-order valence-electron chi connectivity index (χ3n) is 6.91. The van der Waals surface area contributed by atoms with Gasteiger partial charge in [0.15, 0.2) is 0 Å². The van der Waals surface area contributed by atoms with Crippen LogP contribution < -0.4 is 5.32 Å². The number of rotatable bonds is 8. The molecule has 2 atom stereocenters. The first-order chi connectivity index (χ1) is 16.5. The molecular weight excluding hydrogens is 448 g/mol. The zero-order chi connectivity index (χ0) is 24.0. The summed E-state index contributed by atoms with van der Waals surface area (Å²) in [6.45, 7) is 4.84. The fourth-order valence-corrected chi connectivity index (χ4v) is 6.69. The number of sulfonamides is 1. The SMILES string of the molecule is CN1CCN(CCCNC(=O)C2CCCCN2S(=O)(=O)c2ccccc2)C(c2ccccc2)C1. The molecule has 1 N–H and O–H groups in total. The van der Waals surface area contributed by atoms with Gasteiger partial charge >= 0.3 is 0 Å². The van der Waals surface area contributed by atoms with E-state index in [0.29, 0.717) is 25.6 Å². The Kier molecular flexibility index (Phi) is 8.37. The van der Waals surface area contributed by atoms with Crippen LogP contribution >= 0.6 is 0 Å². The zero-order valence-corrected chi connectivity index (χ0v) is 20.8. The van der Waals surface area contributed by atoms with Gasteiger partial charge in [-0.1, -0.05) is 55.0 Å². The molecule has 2 aromatic rings. The normalized spacial score (nSPS) is 23.0. The van der Waals surface area contributed by atoms with E-state index >= 15 is 0 Å². The molecule has 1 amide bonds. The number of carbonyl (C=O) groups excluding carboxylic acids is 1. The topological polar surface area (TPSA) is 73.0 Å². The summed E-state index contributed by atoms with van der Waals surface area (Å²) >= 11 is 0. The van der Waals surface area contributed by atoms with Gasteiger partial charge in [-0.2, -0.15) is 4.31 Å². The van der Waals surface area contributed by atoms with Gasteiger partial charge in [-0.15, -0.1) is 0 Å². The van der Waals surface area contributed by atoms with Crippen molar-refractivity contribution in [2.45, 2.75) is 42.7 Å². The predicted octanol–water partition coefficient (Wildman–Crippen LogP) is 2.72. The van der Waals surface area contributed by atoms with Gasteiger partial charge < -0.3 is 10.2 Å². The smallest absolute Gasteiger partial charge is 0.243 e. The van der Waals surface area contributed by atoms with Crippen molar-refractivity contribution in [3.63, 3.8) is 0 Å². The third kappa shape index (κ3) is 5.86. The summed E-state index contributed by atoms with van der Waals surface area (Å²) in [5, 5.41) is 3.03. The molecule has 184 valence electrons. The Morgan fingerprint density at radius 1 is 0.971 bits per heavy atom. The van der Waals surface area contributed by atoms with Crippen LogP contribution in [0.3, 0.4) is 0 Å². The lowest BCUT2D eigenvalue weighted by molar-refractivity contribution is -0.125. The Hall–Kier alpha value is -2.26. The number of piperazine rings is 1. The Balaban J connectivity index is 1.33. The molecule has 2 aliphatic rings. The summed E-state index contributed by atoms with van der Waals surface area (Å²) in [5.74, 6) is -0.183. The third-order valence-corrected chi connectivity index (χ3v) is 8.83. The first kappa shape index (κ1) is 24.9. The molecule has 2 unspecified atom stereocenters. The molecule has 0 aromatic heterocycles. The van der Waals surface area contributed by atoms with E-state index in [1.165, 1.54) is 9.87 Å². The second kappa shape index (κ2) is 11.4. The number of nitrogens with zero attached hydrogens (tertiary/aromatic N) is 3. The monoisotopic (exact) mass is 484 g/mol. The molecule has 4 rings (SSSR count). The number of piperidine rings is 1. The average molecular weight is 485 g/mol. The molecule has 8 heteroatoms. The van der Waals surface area contributed by atoms with E-state index in [1.54, 1.807) is 30.3 Å². The highest BCUT2D eigenvalue weighted by molar-refractivity contribution is 7.89. The molecule has 0 radical (unpaired) electrons. The molecule has 7 nitrogen and oxygen atoms in total. The van der Waals surface area contributed by atoms with Crippen LogP contribution in [0.4, 0.5) is 0 Å². The Morgan fingerprint density at radius 3 is 2.41 bits per heavy atom. The van der Waals surface area contributed by atoms with Crippen LogP contribution in [0.2, 0.25) is 0 Å². The van der Waals surface area contributed by atoms with Gasteiger partial charge in [0.1, 0.15) is 6.04 Å². The quantitative estimate of drug-likeness (QED) is 0.584. The van der Waals surface area contributed by atoms with E-state index in [9.17, 15) is 13.2 Å². The van der Waals surface area contributed by atoms with E-state index in [1.807, 2.05) is 6.07 Å². The summed E-state index contributed by atoms with van der Waals surface area (Å²) in [6.07, 6.45) is 3.03. The molecule has 0 spiro atoms. The second-order valence-electron chi connectivity index (χ2n) is 9.31. The molecule has 2 fully saturated rings. The molecule has 2 aromatic carbocycles. The summed E-state index contributed by atoms with van der Waals surface area (Å²) in [4.78, 5) is 18.1. The van der Waals surface area contributed by atoms with Crippen molar-refractivity contribution in [3.8, 4) is 0 Å². The maximum atomic E-state index is 13.2. The van der Waals surface area contributed by atoms with E-state index < -0.39 is 16.1 Å². The van der Waals surface area contributed by atoms with Crippen molar-refractivity contribution in [2.24, 2.45) is 0 Å². The van der Waals surface area contributed by atoms with Gasteiger partial charge in [0.05, 0.1) is 4.90 Å². The fraction of sp³-hybridized carbons (Fsp3) is 0.500. The van der Waals surface area contributed by atoms with Gasteiger partial charge in [0.2, 0.25) is 15.9 Å². The maximum Gasteiger partial charge on any atom is 0.243 e. The summed E-state index contributed by atoms with van der Waals surface area (Å²) in [6, 6.07) is 18.7. The van der Waals surface area contributed by atoms with Crippen molar-refractivity contribution in [3.05, 3.63) is 66.2 Å². The van der Waals surface area contributed by atoms with Crippen LogP contribution in [-0.2, 0) is 14.8 Å². The number of amides is 1. The average Bonchev–Trinajstić information content (AvgIpc) is 2.88. The van der Waals surface area contributed by atoms with Gasteiger partial charge in [0.25, 0.3) is 0 Å². The summed E-state index contributed by atoms with van der Waals surface area (Å²) in [7, 11) is -1.53. The lowest BCUT2D eigenvalue weighted by Crippen LogP contribution is -2.52. The molecule has 34 heavy (non-hydrogen) atoms. The Labute approximate surface area is 203 Å². The highest BCUT2D eigenvalue weighted by Crippen LogP contribution is 2.26. The first-order valence-corrected chi connectivity index (χ1v) is 13.7. The van der Waals surface area contributed by atoms with Crippen LogP contribution in [-0.4, -0.2) is 80.8 Å². The van der Waals surface area contributed by atoms with Crippen LogP contribution in [0.5, 0.6) is 0 Å². The highest BCUT2D eigenvalue weighted by Gasteiger charge is 2.37. The predicted molar refractivity (Wildman–Crippen MR) is 134 cm³/mol. The van der Waals surface area contributed by atoms with Gasteiger partial charge in [-0.25, -0.2) is 8.42 Å². The standard InChI is InChI=1S/C26H36N4O3S/c1-28-19-20-29(25(21-28)22-11-4-2-5-12-22)17-10-16-27-26(31)24-15-8-9-18-30(24)34(32,33)23-13-6-3-7-14-23/h2-7,11-14,24-25H,8-10,15-21H2,1H3,(H,27,31). The van der Waals surface area contributed by atoms with Crippen molar-refractivity contribution in [1.82, 2.24) is 19.4 Å². The number of carbonyl (C=O) groups is 1. The first-order valence-electron chi connectivity index (χ1n) is 12.3. The van der Waals surface area contributed by atoms with Crippen LogP contribution in [0.1, 0.15) is 37.3 Å². The number of hydrogen-bond acceptors (Lipinski definition) is 5. The van der Waals surface area contributed by atoms with E-state index in [0.717, 1.165) is 45.4 Å². The number of benzene rings is 2. The fourth-order valence-electron chi connectivity index (χ4n) is 5.01. The second-order valence-corrected chi connectivity index (χ2v) is 11.2. The van der Waals surface area contributed by atoms with Crippen molar-refractivity contribution < 1.29 is 13.2 Å². The van der Waals surface area contributed by atoms with Crippen molar-refractivity contribution in [1.29, 1.82) is 0 Å². The largest absolute Gasteiger partial charge is 0.355 e. The van der Waals surface area contributed by atoms with Crippen molar-refractivity contribution in [2.75, 3.05) is 46.3 Å². The summed E-state index contributed by atoms with van der Waals surface area (Å²) < 4.78 is 27.7. The number of likely N-dealkylation sites (N-methyl/N-ethyl adjacent to an activating group) is 1. The van der Waals surface area contributed by atoms with Crippen LogP contribution in [0, 0.1) is 0 Å². The van der Waals surface area contributed by atoms with Gasteiger partial charge in [-0.05, 0) is 44.0 Å². The molecular formula is C26H36N4O3S. The Bertz CT molecular complexity index is 1030. The minimum Gasteiger partial charge on any atom is -0.355 e. The van der Waals surface area contributed by atoms with Gasteiger partial charge in [0, 0.05) is 45.3 Å². The lowest BCUT2D eigenvalue weighted by atomic mass is 10.0. The number of nitrogens with one attached hydrogen (secondary N) is 1. The summed E-state index contributed by atoms with van der Waals surface area (Å²) in [5.41, 5.74) is 1.32. The minimum atomic E-state index is -3.69.